The molecular weight excluding hydrogens is 348 g/mol. The molecular formula is C17H23ClN2O3S. The number of amides is 1. The molecule has 0 N–H and O–H groups in total. The Morgan fingerprint density at radius 1 is 1.25 bits per heavy atom. The van der Waals surface area contributed by atoms with Gasteiger partial charge in [0.05, 0.1) is 22.0 Å². The Morgan fingerprint density at radius 2 is 2.04 bits per heavy atom. The molecule has 0 aromatic heterocycles. The largest absolute Gasteiger partial charge is 0.336 e. The van der Waals surface area contributed by atoms with Gasteiger partial charge in [-0.2, -0.15) is 0 Å². The maximum Gasteiger partial charge on any atom is 0.255 e. The lowest BCUT2D eigenvalue weighted by Gasteiger charge is -2.29. The summed E-state index contributed by atoms with van der Waals surface area (Å²) >= 11 is 6.34. The van der Waals surface area contributed by atoms with Gasteiger partial charge in [0.2, 0.25) is 10.0 Å². The van der Waals surface area contributed by atoms with Gasteiger partial charge < -0.3 is 4.90 Å². The van der Waals surface area contributed by atoms with Crippen molar-refractivity contribution >= 4 is 33.2 Å². The lowest BCUT2D eigenvalue weighted by molar-refractivity contribution is 0.0734. The zero-order valence-electron chi connectivity index (χ0n) is 13.9. The van der Waals surface area contributed by atoms with Crippen LogP contribution in [-0.2, 0) is 10.0 Å². The third-order valence-corrected chi connectivity index (χ3v) is 7.11. The van der Waals surface area contributed by atoms with Crippen molar-refractivity contribution in [1.29, 1.82) is 0 Å². The monoisotopic (exact) mass is 370 g/mol. The molecule has 2 fully saturated rings. The Morgan fingerprint density at radius 3 is 2.71 bits per heavy atom. The highest BCUT2D eigenvalue weighted by molar-refractivity contribution is 7.92. The molecule has 132 valence electrons. The topological polar surface area (TPSA) is 57.7 Å². The van der Waals surface area contributed by atoms with Gasteiger partial charge in [-0.1, -0.05) is 18.5 Å². The van der Waals surface area contributed by atoms with Crippen molar-refractivity contribution in [2.24, 2.45) is 0 Å². The molecule has 1 unspecified atom stereocenters. The minimum Gasteiger partial charge on any atom is -0.336 e. The van der Waals surface area contributed by atoms with Crippen LogP contribution in [0.5, 0.6) is 0 Å². The number of hydrogen-bond acceptors (Lipinski definition) is 3. The van der Waals surface area contributed by atoms with Gasteiger partial charge in [-0.15, -0.1) is 0 Å². The molecule has 0 saturated carbocycles. The van der Waals surface area contributed by atoms with Crippen LogP contribution in [0.4, 0.5) is 5.69 Å². The zero-order chi connectivity index (χ0) is 17.3. The van der Waals surface area contributed by atoms with Crippen LogP contribution in [0.15, 0.2) is 18.2 Å². The lowest BCUT2D eigenvalue weighted by Crippen LogP contribution is -2.38. The maximum absolute atomic E-state index is 12.8. The minimum atomic E-state index is -3.28. The molecule has 0 aliphatic carbocycles. The maximum atomic E-state index is 12.8. The van der Waals surface area contributed by atoms with Crippen LogP contribution >= 0.6 is 11.6 Å². The van der Waals surface area contributed by atoms with Crippen molar-refractivity contribution in [2.75, 3.05) is 23.1 Å². The molecule has 7 heteroatoms. The normalized spacial score (nSPS) is 23.5. The van der Waals surface area contributed by atoms with E-state index in [9.17, 15) is 13.2 Å². The summed E-state index contributed by atoms with van der Waals surface area (Å²) < 4.78 is 25.8. The van der Waals surface area contributed by atoms with Gasteiger partial charge in [-0.3, -0.25) is 9.10 Å². The van der Waals surface area contributed by atoms with Gasteiger partial charge in [0.15, 0.2) is 0 Å². The van der Waals surface area contributed by atoms with E-state index in [0.29, 0.717) is 29.2 Å². The van der Waals surface area contributed by atoms with E-state index in [-0.39, 0.29) is 17.7 Å². The molecule has 0 spiro atoms. The Balaban J connectivity index is 1.86. The summed E-state index contributed by atoms with van der Waals surface area (Å²) in [7, 11) is -3.28. The molecule has 1 aromatic rings. The summed E-state index contributed by atoms with van der Waals surface area (Å²) in [6.45, 7) is 3.31. The van der Waals surface area contributed by atoms with Crippen molar-refractivity contribution in [2.45, 2.75) is 45.1 Å². The highest BCUT2D eigenvalue weighted by atomic mass is 35.5. The van der Waals surface area contributed by atoms with E-state index in [2.05, 4.69) is 6.92 Å². The average Bonchev–Trinajstić information content (AvgIpc) is 3.02. The van der Waals surface area contributed by atoms with Crippen molar-refractivity contribution < 1.29 is 13.2 Å². The standard InChI is InChI=1S/C17H23ClN2O3S/c1-2-13-6-5-9-19(13)17(21)15-8-7-14(12-16(15)18)20-10-3-4-11-24(20,22)23/h7-8,12-13H,2-6,9-11H2,1H3. The van der Waals surface area contributed by atoms with Gasteiger partial charge in [0.1, 0.15) is 0 Å². The predicted octanol–water partition coefficient (Wildman–Crippen LogP) is 3.28. The molecule has 1 aromatic carbocycles. The molecule has 1 atom stereocenters. The van der Waals surface area contributed by atoms with Crippen LogP contribution in [-0.4, -0.2) is 44.1 Å². The molecule has 0 bridgehead atoms. The lowest BCUT2D eigenvalue weighted by atomic mass is 10.1. The molecule has 1 amide bonds. The van der Waals surface area contributed by atoms with Crippen LogP contribution in [0.1, 0.15) is 49.4 Å². The van der Waals surface area contributed by atoms with Crippen molar-refractivity contribution in [3.63, 3.8) is 0 Å². The van der Waals surface area contributed by atoms with E-state index >= 15 is 0 Å². The first-order valence-corrected chi connectivity index (χ1v) is 10.5. The van der Waals surface area contributed by atoms with E-state index in [1.165, 1.54) is 4.31 Å². The summed E-state index contributed by atoms with van der Waals surface area (Å²) in [5, 5.41) is 0.319. The first kappa shape index (κ1) is 17.5. The number of hydrogen-bond donors (Lipinski definition) is 0. The number of carbonyl (C=O) groups excluding carboxylic acids is 1. The second-order valence-electron chi connectivity index (χ2n) is 6.46. The quantitative estimate of drug-likeness (QED) is 0.820. The molecule has 2 heterocycles. The average molecular weight is 371 g/mol. The highest BCUT2D eigenvalue weighted by Crippen LogP contribution is 2.30. The summed E-state index contributed by atoms with van der Waals surface area (Å²) in [6.07, 6.45) is 4.52. The summed E-state index contributed by atoms with van der Waals surface area (Å²) in [4.78, 5) is 14.6. The second kappa shape index (κ2) is 6.92. The molecule has 2 aliphatic rings. The van der Waals surface area contributed by atoms with Gasteiger partial charge in [-0.25, -0.2) is 8.42 Å². The fraction of sp³-hybridized carbons (Fsp3) is 0.588. The smallest absolute Gasteiger partial charge is 0.255 e. The van der Waals surface area contributed by atoms with Crippen LogP contribution in [0.25, 0.3) is 0 Å². The van der Waals surface area contributed by atoms with E-state index in [4.69, 9.17) is 11.6 Å². The van der Waals surface area contributed by atoms with Gasteiger partial charge in [0, 0.05) is 19.1 Å². The fourth-order valence-electron chi connectivity index (χ4n) is 3.59. The third kappa shape index (κ3) is 3.26. The fourth-order valence-corrected chi connectivity index (χ4v) is 5.48. The van der Waals surface area contributed by atoms with Gasteiger partial charge in [0.25, 0.3) is 5.91 Å². The Kier molecular flexibility index (Phi) is 5.06. The minimum absolute atomic E-state index is 0.0580. The number of rotatable bonds is 3. The van der Waals surface area contributed by atoms with E-state index < -0.39 is 10.0 Å². The molecule has 3 rings (SSSR count). The highest BCUT2D eigenvalue weighted by Gasteiger charge is 2.30. The number of sulfonamides is 1. The number of anilines is 1. The molecule has 2 saturated heterocycles. The Bertz CT molecular complexity index is 735. The van der Waals surface area contributed by atoms with Gasteiger partial charge >= 0.3 is 0 Å². The molecule has 5 nitrogen and oxygen atoms in total. The molecule has 24 heavy (non-hydrogen) atoms. The first-order valence-electron chi connectivity index (χ1n) is 8.55. The number of likely N-dealkylation sites (tertiary alicyclic amines) is 1. The number of carbonyl (C=O) groups is 1. The number of halogens is 1. The SMILES string of the molecule is CCC1CCCN1C(=O)c1ccc(N2CCCCS2(=O)=O)cc1Cl. The Labute approximate surface area is 148 Å². The van der Waals surface area contributed by atoms with Crippen LogP contribution in [0, 0.1) is 0 Å². The summed E-state index contributed by atoms with van der Waals surface area (Å²) in [5.74, 6) is 0.106. The molecule has 2 aliphatic heterocycles. The van der Waals surface area contributed by atoms with Crippen LogP contribution < -0.4 is 4.31 Å². The molecule has 0 radical (unpaired) electrons. The zero-order valence-corrected chi connectivity index (χ0v) is 15.4. The van der Waals surface area contributed by atoms with Crippen LogP contribution in [0.3, 0.4) is 0 Å². The third-order valence-electron chi connectivity index (χ3n) is 4.93. The predicted molar refractivity (Wildman–Crippen MR) is 96.2 cm³/mol. The van der Waals surface area contributed by atoms with E-state index in [1.807, 2.05) is 4.90 Å². The van der Waals surface area contributed by atoms with Crippen LogP contribution in [0.2, 0.25) is 5.02 Å². The van der Waals surface area contributed by atoms with Crippen molar-refractivity contribution in [3.8, 4) is 0 Å². The van der Waals surface area contributed by atoms with E-state index in [0.717, 1.165) is 32.2 Å². The number of benzene rings is 1. The second-order valence-corrected chi connectivity index (χ2v) is 8.88. The first-order chi connectivity index (χ1) is 11.4. The van der Waals surface area contributed by atoms with Gasteiger partial charge in [-0.05, 0) is 50.3 Å². The number of nitrogens with zero attached hydrogens (tertiary/aromatic N) is 2. The summed E-state index contributed by atoms with van der Waals surface area (Å²) in [6, 6.07) is 5.23. The summed E-state index contributed by atoms with van der Waals surface area (Å²) in [5.41, 5.74) is 1.000. The van der Waals surface area contributed by atoms with Crippen molar-refractivity contribution in [3.05, 3.63) is 28.8 Å². The van der Waals surface area contributed by atoms with Crippen molar-refractivity contribution in [1.82, 2.24) is 4.90 Å². The Hall–Kier alpha value is -1.27. The van der Waals surface area contributed by atoms with E-state index in [1.54, 1.807) is 18.2 Å².